The summed E-state index contributed by atoms with van der Waals surface area (Å²) in [6.07, 6.45) is 4.38. The van der Waals surface area contributed by atoms with Crippen molar-refractivity contribution in [2.45, 2.75) is 45.1 Å². The normalized spacial score (nSPS) is 16.2. The van der Waals surface area contributed by atoms with Crippen LogP contribution >= 0.6 is 0 Å². The molecule has 0 aliphatic heterocycles. The molecule has 5 heteroatoms. The van der Waals surface area contributed by atoms with Crippen molar-refractivity contribution < 1.29 is 10.2 Å². The Balaban J connectivity index is 1.99. The van der Waals surface area contributed by atoms with Crippen LogP contribution in [-0.2, 0) is 12.8 Å². The number of aliphatic hydroxyl groups is 2. The first-order valence-corrected chi connectivity index (χ1v) is 6.60. The van der Waals surface area contributed by atoms with Crippen LogP contribution in [0.2, 0.25) is 0 Å². The van der Waals surface area contributed by atoms with E-state index >= 15 is 0 Å². The average molecular weight is 251 g/mol. The van der Waals surface area contributed by atoms with E-state index in [1.807, 2.05) is 6.92 Å². The first kappa shape index (κ1) is 13.2. The lowest BCUT2D eigenvalue weighted by Crippen LogP contribution is -2.19. The Bertz CT molecular complexity index is 409. The van der Waals surface area contributed by atoms with Crippen LogP contribution in [0.15, 0.2) is 0 Å². The molecule has 1 aliphatic carbocycles. The summed E-state index contributed by atoms with van der Waals surface area (Å²) in [5, 5.41) is 21.1. The van der Waals surface area contributed by atoms with Gasteiger partial charge >= 0.3 is 0 Å². The van der Waals surface area contributed by atoms with Crippen LogP contribution < -0.4 is 5.32 Å². The second kappa shape index (κ2) is 6.11. The number of aryl methyl sites for hydroxylation is 2. The second-order valence-corrected chi connectivity index (χ2v) is 4.82. The predicted octanol–water partition coefficient (Wildman–Crippen LogP) is 0.819. The molecule has 0 aromatic carbocycles. The van der Waals surface area contributed by atoms with E-state index in [0.29, 0.717) is 18.9 Å². The lowest BCUT2D eigenvalue weighted by atomic mass is 9.95. The number of nitrogens with one attached hydrogen (secondary N) is 1. The number of aromatic nitrogens is 2. The fourth-order valence-electron chi connectivity index (χ4n) is 2.30. The largest absolute Gasteiger partial charge is 0.394 e. The minimum Gasteiger partial charge on any atom is -0.394 e. The molecule has 0 spiro atoms. The molecule has 18 heavy (non-hydrogen) atoms. The number of aliphatic hydroxyl groups excluding tert-OH is 2. The van der Waals surface area contributed by atoms with Gasteiger partial charge in [0.2, 0.25) is 5.95 Å². The zero-order chi connectivity index (χ0) is 13.0. The summed E-state index contributed by atoms with van der Waals surface area (Å²) in [5.74, 6) is 0.637. The highest BCUT2D eigenvalue weighted by atomic mass is 16.3. The highest BCUT2D eigenvalue weighted by Crippen LogP contribution is 2.22. The fraction of sp³-hybridized carbons (Fsp3) is 0.692. The quantitative estimate of drug-likeness (QED) is 0.722. The van der Waals surface area contributed by atoms with E-state index in [-0.39, 0.29) is 6.61 Å². The van der Waals surface area contributed by atoms with Gasteiger partial charge in [0.05, 0.1) is 12.7 Å². The maximum Gasteiger partial charge on any atom is 0.223 e. The molecule has 1 atom stereocenters. The molecule has 0 fully saturated rings. The molecule has 2 rings (SSSR count). The molecule has 1 aromatic heterocycles. The number of rotatable bonds is 5. The zero-order valence-corrected chi connectivity index (χ0v) is 10.8. The molecule has 0 radical (unpaired) electrons. The molecule has 100 valence electrons. The highest BCUT2D eigenvalue weighted by molar-refractivity contribution is 5.35. The van der Waals surface area contributed by atoms with Crippen LogP contribution in [0.1, 0.15) is 36.2 Å². The van der Waals surface area contributed by atoms with E-state index < -0.39 is 6.10 Å². The molecule has 1 aliphatic rings. The van der Waals surface area contributed by atoms with E-state index in [1.165, 1.54) is 24.1 Å². The summed E-state index contributed by atoms with van der Waals surface area (Å²) in [6.45, 7) is 2.39. The van der Waals surface area contributed by atoms with E-state index in [1.54, 1.807) is 0 Å². The van der Waals surface area contributed by atoms with Gasteiger partial charge in [-0.05, 0) is 44.6 Å². The van der Waals surface area contributed by atoms with Gasteiger partial charge in [0.15, 0.2) is 0 Å². The van der Waals surface area contributed by atoms with Gasteiger partial charge in [-0.2, -0.15) is 0 Å². The lowest BCUT2D eigenvalue weighted by Gasteiger charge is -2.18. The molecular weight excluding hydrogens is 230 g/mol. The first-order chi connectivity index (χ1) is 8.70. The first-order valence-electron chi connectivity index (χ1n) is 6.60. The minimum atomic E-state index is -0.670. The van der Waals surface area contributed by atoms with Gasteiger partial charge in [-0.3, -0.25) is 0 Å². The third kappa shape index (κ3) is 3.17. The highest BCUT2D eigenvalue weighted by Gasteiger charge is 2.15. The lowest BCUT2D eigenvalue weighted by molar-refractivity contribution is 0.0910. The smallest absolute Gasteiger partial charge is 0.223 e. The molecule has 3 N–H and O–H groups in total. The summed E-state index contributed by atoms with van der Waals surface area (Å²) in [4.78, 5) is 8.97. The molecule has 0 bridgehead atoms. The summed E-state index contributed by atoms with van der Waals surface area (Å²) in [5.41, 5.74) is 3.53. The van der Waals surface area contributed by atoms with E-state index in [0.717, 1.165) is 18.5 Å². The van der Waals surface area contributed by atoms with Crippen molar-refractivity contribution in [3.05, 3.63) is 17.0 Å². The van der Waals surface area contributed by atoms with Gasteiger partial charge in [-0.15, -0.1) is 0 Å². The monoisotopic (exact) mass is 251 g/mol. The topological polar surface area (TPSA) is 78.3 Å². The predicted molar refractivity (Wildman–Crippen MR) is 69.6 cm³/mol. The van der Waals surface area contributed by atoms with Crippen LogP contribution in [0.25, 0.3) is 0 Å². The van der Waals surface area contributed by atoms with E-state index in [4.69, 9.17) is 5.11 Å². The Morgan fingerprint density at radius 2 is 2.06 bits per heavy atom. The third-order valence-electron chi connectivity index (χ3n) is 3.36. The number of anilines is 1. The Labute approximate surface area is 107 Å². The number of fused-ring (bicyclic) bond motifs is 1. The van der Waals surface area contributed by atoms with Crippen molar-refractivity contribution in [1.29, 1.82) is 0 Å². The van der Waals surface area contributed by atoms with Crippen molar-refractivity contribution in [3.63, 3.8) is 0 Å². The molecule has 1 heterocycles. The fourth-order valence-corrected chi connectivity index (χ4v) is 2.30. The Morgan fingerprint density at radius 3 is 2.83 bits per heavy atom. The average Bonchev–Trinajstić information content (AvgIpc) is 2.38. The Hall–Kier alpha value is -1.20. The number of hydrogen-bond acceptors (Lipinski definition) is 5. The Morgan fingerprint density at radius 1 is 1.28 bits per heavy atom. The van der Waals surface area contributed by atoms with Gasteiger partial charge in [0, 0.05) is 17.9 Å². The molecule has 0 amide bonds. The maximum absolute atomic E-state index is 9.25. The molecule has 0 unspecified atom stereocenters. The van der Waals surface area contributed by atoms with Crippen molar-refractivity contribution in [3.8, 4) is 0 Å². The van der Waals surface area contributed by atoms with Crippen molar-refractivity contribution in [2.75, 3.05) is 18.5 Å². The van der Waals surface area contributed by atoms with E-state index in [9.17, 15) is 5.11 Å². The summed E-state index contributed by atoms with van der Waals surface area (Å²) in [6, 6.07) is 0. The van der Waals surface area contributed by atoms with Crippen LogP contribution in [0.5, 0.6) is 0 Å². The van der Waals surface area contributed by atoms with Gasteiger partial charge in [-0.1, -0.05) is 0 Å². The number of nitrogens with zero attached hydrogens (tertiary/aromatic N) is 2. The summed E-state index contributed by atoms with van der Waals surface area (Å²) < 4.78 is 0. The van der Waals surface area contributed by atoms with Gasteiger partial charge < -0.3 is 15.5 Å². The van der Waals surface area contributed by atoms with Gasteiger partial charge in [0.1, 0.15) is 0 Å². The Kier molecular flexibility index (Phi) is 4.49. The van der Waals surface area contributed by atoms with Crippen molar-refractivity contribution in [2.24, 2.45) is 0 Å². The van der Waals surface area contributed by atoms with Crippen LogP contribution in [0, 0.1) is 6.92 Å². The third-order valence-corrected chi connectivity index (χ3v) is 3.36. The second-order valence-electron chi connectivity index (χ2n) is 4.82. The van der Waals surface area contributed by atoms with Crippen molar-refractivity contribution >= 4 is 5.95 Å². The van der Waals surface area contributed by atoms with E-state index in [2.05, 4.69) is 15.3 Å². The SMILES string of the molecule is Cc1nc(NCC[C@H](O)CO)nc2c1CCCC2. The van der Waals surface area contributed by atoms with Gasteiger partial charge in [-0.25, -0.2) is 9.97 Å². The van der Waals surface area contributed by atoms with Crippen molar-refractivity contribution in [1.82, 2.24) is 9.97 Å². The molecule has 0 saturated heterocycles. The van der Waals surface area contributed by atoms with Gasteiger partial charge in [0.25, 0.3) is 0 Å². The summed E-state index contributed by atoms with van der Waals surface area (Å²) >= 11 is 0. The molecular formula is C13H21N3O2. The molecule has 0 saturated carbocycles. The van der Waals surface area contributed by atoms with Crippen LogP contribution in [-0.4, -0.2) is 39.4 Å². The molecule has 5 nitrogen and oxygen atoms in total. The minimum absolute atomic E-state index is 0.203. The molecule has 1 aromatic rings. The zero-order valence-electron chi connectivity index (χ0n) is 10.8. The summed E-state index contributed by atoms with van der Waals surface area (Å²) in [7, 11) is 0. The standard InChI is InChI=1S/C13H21N3O2/c1-9-11-4-2-3-5-12(11)16-13(15-9)14-7-6-10(18)8-17/h10,17-18H,2-8H2,1H3,(H,14,15,16)/t10-/m0/s1. The van der Waals surface area contributed by atoms with Crippen LogP contribution in [0.4, 0.5) is 5.95 Å². The maximum atomic E-state index is 9.25. The van der Waals surface area contributed by atoms with Crippen LogP contribution in [0.3, 0.4) is 0 Å². The number of hydrogen-bond donors (Lipinski definition) is 3.